The van der Waals surface area contributed by atoms with Gasteiger partial charge in [0, 0.05) is 18.0 Å². The van der Waals surface area contributed by atoms with Crippen molar-refractivity contribution in [3.8, 4) is 5.75 Å². The molecule has 136 valence electrons. The van der Waals surface area contributed by atoms with Gasteiger partial charge in [-0.15, -0.1) is 0 Å². The number of hydrogen-bond donors (Lipinski definition) is 1. The average molecular weight is 374 g/mol. The molecule has 0 unspecified atom stereocenters. The Morgan fingerprint density at radius 3 is 2.65 bits per heavy atom. The van der Waals surface area contributed by atoms with E-state index in [0.29, 0.717) is 41.7 Å². The van der Waals surface area contributed by atoms with Crippen LogP contribution in [0.25, 0.3) is 0 Å². The van der Waals surface area contributed by atoms with E-state index in [1.54, 1.807) is 36.4 Å². The molecule has 0 radical (unpaired) electrons. The number of nitrogens with zero attached hydrogens (tertiary/aromatic N) is 3. The maximum Gasteiger partial charge on any atom is 0.417 e. The van der Waals surface area contributed by atoms with Crippen LogP contribution < -0.4 is 14.6 Å². The summed E-state index contributed by atoms with van der Waals surface area (Å²) >= 11 is 5.93. The molecule has 1 aliphatic rings. The molecule has 1 amide bonds. The van der Waals surface area contributed by atoms with Gasteiger partial charge >= 0.3 is 6.09 Å². The van der Waals surface area contributed by atoms with Gasteiger partial charge in [0.2, 0.25) is 0 Å². The zero-order valence-corrected chi connectivity index (χ0v) is 15.4. The van der Waals surface area contributed by atoms with Gasteiger partial charge in [-0.3, -0.25) is 5.01 Å². The summed E-state index contributed by atoms with van der Waals surface area (Å²) in [5.74, 6) is 1.19. The van der Waals surface area contributed by atoms with Crippen molar-refractivity contribution in [2.75, 3.05) is 23.6 Å². The first-order valence-corrected chi connectivity index (χ1v) is 8.71. The van der Waals surface area contributed by atoms with E-state index in [1.807, 2.05) is 25.1 Å². The predicted octanol–water partition coefficient (Wildman–Crippen LogP) is 4.62. The summed E-state index contributed by atoms with van der Waals surface area (Å²) in [4.78, 5) is 13.2. The monoisotopic (exact) mass is 373 g/mol. The minimum Gasteiger partial charge on any atom is -0.497 e. The Morgan fingerprint density at radius 2 is 2.04 bits per heavy atom. The largest absolute Gasteiger partial charge is 0.497 e. The predicted molar refractivity (Wildman–Crippen MR) is 104 cm³/mol. The molecule has 2 aromatic rings. The maximum atomic E-state index is 12.0. The van der Waals surface area contributed by atoms with Gasteiger partial charge in [-0.1, -0.05) is 18.5 Å². The summed E-state index contributed by atoms with van der Waals surface area (Å²) in [6, 6.07) is 12.7. The molecule has 0 aliphatic carbocycles. The van der Waals surface area contributed by atoms with Crippen molar-refractivity contribution in [2.24, 2.45) is 5.10 Å². The van der Waals surface area contributed by atoms with Crippen LogP contribution in [0.5, 0.6) is 5.75 Å². The van der Waals surface area contributed by atoms with E-state index in [2.05, 4.69) is 5.10 Å². The van der Waals surface area contributed by atoms with Gasteiger partial charge in [0.05, 0.1) is 18.5 Å². The van der Waals surface area contributed by atoms with E-state index in [0.717, 1.165) is 11.3 Å². The fourth-order valence-corrected chi connectivity index (χ4v) is 3.07. The molecule has 0 bridgehead atoms. The van der Waals surface area contributed by atoms with Crippen LogP contribution >= 0.6 is 11.6 Å². The molecule has 0 saturated carbocycles. The molecule has 0 spiro atoms. The van der Waals surface area contributed by atoms with Gasteiger partial charge in [-0.2, -0.15) is 5.10 Å². The van der Waals surface area contributed by atoms with Crippen LogP contribution in [-0.2, 0) is 6.42 Å². The van der Waals surface area contributed by atoms with Crippen molar-refractivity contribution in [1.29, 1.82) is 0 Å². The number of amides is 1. The highest BCUT2D eigenvalue weighted by molar-refractivity contribution is 6.30. The van der Waals surface area contributed by atoms with Gasteiger partial charge in [0.25, 0.3) is 0 Å². The molecule has 0 atom stereocenters. The molecule has 2 aromatic carbocycles. The van der Waals surface area contributed by atoms with Gasteiger partial charge in [0.15, 0.2) is 0 Å². The third kappa shape index (κ3) is 3.60. The van der Waals surface area contributed by atoms with Crippen LogP contribution in [0.4, 0.5) is 16.2 Å². The molecule has 3 rings (SSSR count). The Balaban J connectivity index is 1.95. The Morgan fingerprint density at radius 1 is 1.31 bits per heavy atom. The van der Waals surface area contributed by atoms with Gasteiger partial charge < -0.3 is 9.84 Å². The summed E-state index contributed by atoms with van der Waals surface area (Å²) in [5, 5.41) is 16.8. The first kappa shape index (κ1) is 18.1. The zero-order valence-electron chi connectivity index (χ0n) is 14.6. The summed E-state index contributed by atoms with van der Waals surface area (Å²) in [6.07, 6.45) is 0.163. The molecular formula is C19H20ClN3O3. The molecule has 1 heterocycles. The van der Waals surface area contributed by atoms with E-state index in [4.69, 9.17) is 16.3 Å². The highest BCUT2D eigenvalue weighted by Crippen LogP contribution is 2.29. The van der Waals surface area contributed by atoms with Crippen molar-refractivity contribution >= 4 is 34.9 Å². The topological polar surface area (TPSA) is 65.4 Å². The van der Waals surface area contributed by atoms with Crippen LogP contribution in [0.2, 0.25) is 5.02 Å². The quantitative estimate of drug-likeness (QED) is 0.849. The lowest BCUT2D eigenvalue weighted by Gasteiger charge is -2.22. The number of methoxy groups -OCH3 is 1. The van der Waals surface area contributed by atoms with Gasteiger partial charge in [-0.05, 0) is 54.4 Å². The van der Waals surface area contributed by atoms with Crippen molar-refractivity contribution in [1.82, 2.24) is 0 Å². The van der Waals surface area contributed by atoms with E-state index in [1.165, 1.54) is 4.90 Å². The number of anilines is 2. The minimum atomic E-state index is -1.05. The lowest BCUT2D eigenvalue weighted by atomic mass is 10.1. The van der Waals surface area contributed by atoms with Crippen molar-refractivity contribution in [2.45, 2.75) is 19.8 Å². The maximum absolute atomic E-state index is 12.0. The van der Waals surface area contributed by atoms with Gasteiger partial charge in [-0.25, -0.2) is 9.69 Å². The van der Waals surface area contributed by atoms with Crippen LogP contribution in [0, 0.1) is 0 Å². The van der Waals surface area contributed by atoms with Crippen molar-refractivity contribution < 1.29 is 14.6 Å². The second-order valence-corrected chi connectivity index (χ2v) is 6.27. The molecule has 0 fully saturated rings. The molecule has 7 heteroatoms. The lowest BCUT2D eigenvalue weighted by Crippen LogP contribution is -2.35. The van der Waals surface area contributed by atoms with Crippen LogP contribution in [-0.4, -0.2) is 30.7 Å². The third-order valence-corrected chi connectivity index (χ3v) is 4.52. The minimum absolute atomic E-state index is 0.493. The van der Waals surface area contributed by atoms with Crippen molar-refractivity contribution in [3.63, 3.8) is 0 Å². The number of ether oxygens (including phenoxy) is 1. The Hall–Kier alpha value is -2.73. The van der Waals surface area contributed by atoms with E-state index in [-0.39, 0.29) is 0 Å². The summed E-state index contributed by atoms with van der Waals surface area (Å²) < 4.78 is 5.25. The normalized spacial score (nSPS) is 13.5. The first-order valence-electron chi connectivity index (χ1n) is 8.34. The second kappa shape index (κ2) is 7.66. The fourth-order valence-electron chi connectivity index (χ4n) is 2.94. The Bertz CT molecular complexity index is 836. The molecular weight excluding hydrogens is 354 g/mol. The summed E-state index contributed by atoms with van der Waals surface area (Å²) in [5.41, 5.74) is 2.37. The number of amidine groups is 1. The number of benzene rings is 2. The fraction of sp³-hybridized carbons (Fsp3) is 0.263. The smallest absolute Gasteiger partial charge is 0.417 e. The molecule has 26 heavy (non-hydrogen) atoms. The lowest BCUT2D eigenvalue weighted by molar-refractivity contribution is 0.205. The second-order valence-electron chi connectivity index (χ2n) is 5.83. The van der Waals surface area contributed by atoms with E-state index >= 15 is 0 Å². The number of carbonyl (C=O) groups is 1. The number of halogens is 1. The average Bonchev–Trinajstić information content (AvgIpc) is 3.12. The standard InChI is InChI=1S/C19H20ClN3O3/c1-3-13-12-16(26-2)8-9-17(13)23(19(24)25)18-10-11-22(21-18)15-6-4-14(20)5-7-15/h4-9,12H,3,10-11H2,1-2H3,(H,24,25). The number of rotatable bonds is 4. The number of aryl methyl sites for hydroxylation is 1. The third-order valence-electron chi connectivity index (χ3n) is 4.27. The van der Waals surface area contributed by atoms with Crippen LogP contribution in [0.15, 0.2) is 47.6 Å². The molecule has 6 nitrogen and oxygen atoms in total. The van der Waals surface area contributed by atoms with E-state index in [9.17, 15) is 9.90 Å². The SMILES string of the molecule is CCc1cc(OC)ccc1N(C(=O)O)C1=NN(c2ccc(Cl)cc2)CC1. The number of hydrogen-bond acceptors (Lipinski definition) is 4. The molecule has 0 saturated heterocycles. The summed E-state index contributed by atoms with van der Waals surface area (Å²) in [7, 11) is 1.59. The van der Waals surface area contributed by atoms with E-state index < -0.39 is 6.09 Å². The van der Waals surface area contributed by atoms with Crippen LogP contribution in [0.1, 0.15) is 18.9 Å². The summed E-state index contributed by atoms with van der Waals surface area (Å²) in [6.45, 7) is 2.59. The molecule has 1 aliphatic heterocycles. The number of carboxylic acid groups (broad SMARTS) is 1. The van der Waals surface area contributed by atoms with Crippen molar-refractivity contribution in [3.05, 3.63) is 53.1 Å². The molecule has 1 N–H and O–H groups in total. The Labute approximate surface area is 157 Å². The number of hydrazone groups is 1. The molecule has 0 aromatic heterocycles. The first-order chi connectivity index (χ1) is 12.5. The van der Waals surface area contributed by atoms with Crippen LogP contribution in [0.3, 0.4) is 0 Å². The highest BCUT2D eigenvalue weighted by Gasteiger charge is 2.28. The highest BCUT2D eigenvalue weighted by atomic mass is 35.5. The zero-order chi connectivity index (χ0) is 18.7. The Kier molecular flexibility index (Phi) is 5.32. The van der Waals surface area contributed by atoms with Gasteiger partial charge in [0.1, 0.15) is 11.6 Å².